The number of amides is 1. The standard InChI is InChI=1S/C6H9NO/c1-2-3-4-5-6(7)8/h2-4H,1,5H2,(H2,7,8). The van der Waals surface area contributed by atoms with Crippen LogP contribution in [0.2, 0.25) is 0 Å². The van der Waals surface area contributed by atoms with Crippen LogP contribution in [0.1, 0.15) is 6.42 Å². The van der Waals surface area contributed by atoms with Crippen molar-refractivity contribution in [3.05, 3.63) is 24.8 Å². The molecule has 44 valence electrons. The van der Waals surface area contributed by atoms with E-state index in [2.05, 4.69) is 6.58 Å². The summed E-state index contributed by atoms with van der Waals surface area (Å²) >= 11 is 0. The largest absolute Gasteiger partial charge is 0.369 e. The third kappa shape index (κ3) is 4.95. The van der Waals surface area contributed by atoms with E-state index in [1.165, 1.54) is 0 Å². The van der Waals surface area contributed by atoms with Crippen LogP contribution in [0.25, 0.3) is 0 Å². The predicted molar refractivity (Wildman–Crippen MR) is 33.1 cm³/mol. The predicted octanol–water partition coefficient (Wildman–Crippen LogP) is 0.604. The van der Waals surface area contributed by atoms with Crippen LogP contribution in [0, 0.1) is 0 Å². The average Bonchev–Trinajstić information content (AvgIpc) is 1.66. The molecule has 0 aromatic rings. The lowest BCUT2D eigenvalue weighted by Crippen LogP contribution is -2.07. The van der Waals surface area contributed by atoms with Gasteiger partial charge in [0, 0.05) is 6.42 Å². The van der Waals surface area contributed by atoms with E-state index >= 15 is 0 Å². The molecular formula is C6H9NO. The van der Waals surface area contributed by atoms with Crippen molar-refractivity contribution in [2.24, 2.45) is 5.73 Å². The zero-order chi connectivity index (χ0) is 6.41. The zero-order valence-corrected chi connectivity index (χ0v) is 4.63. The highest BCUT2D eigenvalue weighted by Crippen LogP contribution is 1.79. The van der Waals surface area contributed by atoms with E-state index in [4.69, 9.17) is 5.73 Å². The molecule has 0 unspecified atom stereocenters. The summed E-state index contributed by atoms with van der Waals surface area (Å²) in [7, 11) is 0. The molecule has 0 aliphatic heterocycles. The Morgan fingerprint density at radius 3 is 2.75 bits per heavy atom. The Morgan fingerprint density at radius 2 is 2.38 bits per heavy atom. The van der Waals surface area contributed by atoms with Gasteiger partial charge >= 0.3 is 0 Å². The summed E-state index contributed by atoms with van der Waals surface area (Å²) in [5.74, 6) is -0.317. The number of carbonyl (C=O) groups is 1. The molecule has 0 rings (SSSR count). The second-order valence-corrected chi connectivity index (χ2v) is 1.33. The fraction of sp³-hybridized carbons (Fsp3) is 0.167. The number of primary amides is 1. The van der Waals surface area contributed by atoms with Crippen LogP contribution in [-0.2, 0) is 4.79 Å². The summed E-state index contributed by atoms with van der Waals surface area (Å²) in [6.07, 6.45) is 5.25. The van der Waals surface area contributed by atoms with E-state index in [-0.39, 0.29) is 5.91 Å². The summed E-state index contributed by atoms with van der Waals surface area (Å²) in [6.45, 7) is 3.42. The molecule has 0 bridgehead atoms. The van der Waals surface area contributed by atoms with Gasteiger partial charge in [0.1, 0.15) is 0 Å². The van der Waals surface area contributed by atoms with E-state index in [1.807, 2.05) is 0 Å². The van der Waals surface area contributed by atoms with Crippen LogP contribution in [-0.4, -0.2) is 5.91 Å². The second kappa shape index (κ2) is 4.12. The maximum absolute atomic E-state index is 10.0. The van der Waals surface area contributed by atoms with Gasteiger partial charge in [0.15, 0.2) is 0 Å². The lowest BCUT2D eigenvalue weighted by Gasteiger charge is -1.79. The van der Waals surface area contributed by atoms with Crippen molar-refractivity contribution in [2.45, 2.75) is 6.42 Å². The molecule has 0 heterocycles. The van der Waals surface area contributed by atoms with Gasteiger partial charge in [-0.3, -0.25) is 4.79 Å². The molecule has 0 aliphatic rings. The van der Waals surface area contributed by atoms with Crippen molar-refractivity contribution < 1.29 is 4.79 Å². The average molecular weight is 111 g/mol. The first-order chi connectivity index (χ1) is 3.77. The van der Waals surface area contributed by atoms with Gasteiger partial charge in [-0.2, -0.15) is 0 Å². The normalized spacial score (nSPS) is 9.50. The Morgan fingerprint density at radius 1 is 1.75 bits per heavy atom. The molecule has 8 heavy (non-hydrogen) atoms. The van der Waals surface area contributed by atoms with Crippen molar-refractivity contribution in [1.29, 1.82) is 0 Å². The van der Waals surface area contributed by atoms with Crippen molar-refractivity contribution >= 4 is 5.91 Å². The number of allylic oxidation sites excluding steroid dienone is 2. The Kier molecular flexibility index (Phi) is 3.58. The minimum atomic E-state index is -0.317. The molecule has 2 N–H and O–H groups in total. The van der Waals surface area contributed by atoms with Gasteiger partial charge in [0.2, 0.25) is 5.91 Å². The highest BCUT2D eigenvalue weighted by Gasteiger charge is 1.82. The number of hydrogen-bond donors (Lipinski definition) is 1. The maximum Gasteiger partial charge on any atom is 0.221 e. The molecule has 0 atom stereocenters. The molecule has 0 saturated heterocycles. The smallest absolute Gasteiger partial charge is 0.221 e. The topological polar surface area (TPSA) is 43.1 Å². The van der Waals surface area contributed by atoms with Gasteiger partial charge in [0.05, 0.1) is 0 Å². The number of nitrogens with two attached hydrogens (primary N) is 1. The molecule has 0 spiro atoms. The summed E-state index contributed by atoms with van der Waals surface area (Å²) in [6, 6.07) is 0. The first-order valence-corrected chi connectivity index (χ1v) is 2.33. The molecule has 0 radical (unpaired) electrons. The molecule has 0 aromatic heterocycles. The lowest BCUT2D eigenvalue weighted by molar-refractivity contribution is -0.117. The lowest BCUT2D eigenvalue weighted by atomic mass is 10.4. The van der Waals surface area contributed by atoms with Crippen molar-refractivity contribution in [3.63, 3.8) is 0 Å². The van der Waals surface area contributed by atoms with Crippen LogP contribution in [0.3, 0.4) is 0 Å². The maximum atomic E-state index is 10.0. The van der Waals surface area contributed by atoms with Crippen LogP contribution >= 0.6 is 0 Å². The van der Waals surface area contributed by atoms with Crippen LogP contribution in [0.5, 0.6) is 0 Å². The first kappa shape index (κ1) is 6.95. The van der Waals surface area contributed by atoms with Gasteiger partial charge in [0.25, 0.3) is 0 Å². The number of rotatable bonds is 3. The molecule has 0 aromatic carbocycles. The van der Waals surface area contributed by atoms with Crippen LogP contribution < -0.4 is 5.73 Å². The Labute approximate surface area is 48.7 Å². The number of hydrogen-bond acceptors (Lipinski definition) is 1. The second-order valence-electron chi connectivity index (χ2n) is 1.33. The molecule has 2 heteroatoms. The third-order valence-corrected chi connectivity index (χ3v) is 0.591. The Bertz CT molecular complexity index is 116. The molecule has 2 nitrogen and oxygen atoms in total. The van der Waals surface area contributed by atoms with Gasteiger partial charge in [-0.1, -0.05) is 24.8 Å². The SMILES string of the molecule is C=CC=CCC(N)=O. The molecule has 0 aliphatic carbocycles. The summed E-state index contributed by atoms with van der Waals surface area (Å²) in [5, 5.41) is 0. The monoisotopic (exact) mass is 111 g/mol. The molecule has 1 amide bonds. The fourth-order valence-electron chi connectivity index (χ4n) is 0.280. The van der Waals surface area contributed by atoms with E-state index in [1.54, 1.807) is 18.2 Å². The Balaban J connectivity index is 3.29. The molecule has 0 saturated carbocycles. The van der Waals surface area contributed by atoms with E-state index in [9.17, 15) is 4.79 Å². The van der Waals surface area contributed by atoms with Gasteiger partial charge in [-0.15, -0.1) is 0 Å². The quantitative estimate of drug-likeness (QED) is 0.532. The highest BCUT2D eigenvalue weighted by atomic mass is 16.1. The highest BCUT2D eigenvalue weighted by molar-refractivity contribution is 5.75. The first-order valence-electron chi connectivity index (χ1n) is 2.33. The fourth-order valence-corrected chi connectivity index (χ4v) is 0.280. The molecule has 0 fully saturated rings. The minimum absolute atomic E-state index is 0.298. The number of carbonyl (C=O) groups excluding carboxylic acids is 1. The van der Waals surface area contributed by atoms with E-state index < -0.39 is 0 Å². The summed E-state index contributed by atoms with van der Waals surface area (Å²) in [5.41, 5.74) is 4.81. The molecular weight excluding hydrogens is 102 g/mol. The van der Waals surface area contributed by atoms with Crippen LogP contribution in [0.15, 0.2) is 24.8 Å². The van der Waals surface area contributed by atoms with Gasteiger partial charge < -0.3 is 5.73 Å². The Hall–Kier alpha value is -1.05. The van der Waals surface area contributed by atoms with Crippen molar-refractivity contribution in [2.75, 3.05) is 0 Å². The summed E-state index contributed by atoms with van der Waals surface area (Å²) in [4.78, 5) is 10.0. The zero-order valence-electron chi connectivity index (χ0n) is 4.63. The van der Waals surface area contributed by atoms with Crippen molar-refractivity contribution in [3.8, 4) is 0 Å². The third-order valence-electron chi connectivity index (χ3n) is 0.591. The van der Waals surface area contributed by atoms with E-state index in [0.717, 1.165) is 0 Å². The summed E-state index contributed by atoms with van der Waals surface area (Å²) < 4.78 is 0. The minimum Gasteiger partial charge on any atom is -0.369 e. The van der Waals surface area contributed by atoms with Gasteiger partial charge in [-0.25, -0.2) is 0 Å². The van der Waals surface area contributed by atoms with Crippen molar-refractivity contribution in [1.82, 2.24) is 0 Å². The van der Waals surface area contributed by atoms with Crippen LogP contribution in [0.4, 0.5) is 0 Å². The van der Waals surface area contributed by atoms with Gasteiger partial charge in [-0.05, 0) is 0 Å². The van der Waals surface area contributed by atoms with E-state index in [0.29, 0.717) is 6.42 Å².